The van der Waals surface area contributed by atoms with Crippen LogP contribution in [0.1, 0.15) is 52.1 Å². The van der Waals surface area contributed by atoms with Crippen molar-refractivity contribution in [3.05, 3.63) is 75.5 Å². The molecule has 2 heterocycles. The van der Waals surface area contributed by atoms with E-state index < -0.39 is 11.0 Å². The number of benzene rings is 2. The highest BCUT2D eigenvalue weighted by molar-refractivity contribution is 6.00. The normalized spacial score (nSPS) is 18.3. The number of nitrogens with zero attached hydrogens (tertiary/aromatic N) is 5. The maximum absolute atomic E-state index is 13.5. The minimum atomic E-state index is -0.432. The van der Waals surface area contributed by atoms with Crippen molar-refractivity contribution in [2.45, 2.75) is 46.6 Å². The molecule has 0 fully saturated rings. The second-order valence-corrected chi connectivity index (χ2v) is 10.1. The lowest BCUT2D eigenvalue weighted by molar-refractivity contribution is -0.384. The molecule has 1 N–H and O–H groups in total. The molecule has 36 heavy (non-hydrogen) atoms. The lowest BCUT2D eigenvalue weighted by Crippen LogP contribution is -2.36. The fourth-order valence-corrected chi connectivity index (χ4v) is 5.25. The number of allylic oxidation sites excluding steroid dienone is 2. The van der Waals surface area contributed by atoms with Crippen molar-refractivity contribution < 1.29 is 9.72 Å². The molecular formula is C27H30N6O3. The second kappa shape index (κ2) is 8.89. The molecule has 0 radical (unpaired) electrons. The van der Waals surface area contributed by atoms with Gasteiger partial charge in [0.05, 0.1) is 4.92 Å². The third kappa shape index (κ3) is 4.14. The predicted octanol–water partition coefficient (Wildman–Crippen LogP) is 5.36. The van der Waals surface area contributed by atoms with Gasteiger partial charge in [0.1, 0.15) is 6.04 Å². The van der Waals surface area contributed by atoms with Gasteiger partial charge in [-0.2, -0.15) is 4.98 Å². The van der Waals surface area contributed by atoms with Crippen LogP contribution in [-0.2, 0) is 4.79 Å². The van der Waals surface area contributed by atoms with Gasteiger partial charge < -0.3 is 10.2 Å². The fraction of sp³-hybridized carbons (Fsp3) is 0.370. The van der Waals surface area contributed by atoms with Crippen molar-refractivity contribution in [2.24, 2.45) is 5.41 Å². The quantitative estimate of drug-likeness (QED) is 0.369. The number of aromatic nitrogens is 3. The molecule has 0 saturated carbocycles. The van der Waals surface area contributed by atoms with Crippen LogP contribution in [-0.4, -0.2) is 38.6 Å². The summed E-state index contributed by atoms with van der Waals surface area (Å²) in [6, 6.07) is 14.1. The zero-order valence-electron chi connectivity index (χ0n) is 21.0. The number of rotatable bonds is 6. The number of nitrogens with one attached hydrogen (secondary N) is 1. The van der Waals surface area contributed by atoms with Gasteiger partial charge in [0.2, 0.25) is 5.95 Å². The Bertz CT molecular complexity index is 1370. The number of nitro groups is 1. The van der Waals surface area contributed by atoms with E-state index in [2.05, 4.69) is 62.2 Å². The summed E-state index contributed by atoms with van der Waals surface area (Å²) in [7, 11) is 0. The SMILES string of the molecule is CCN(CC)c1ccc(C2C3=C(CC(C)(C)CC3=O)Nc3nc(-c4cccc([N+](=O)[O-])c4)nn32)cc1. The highest BCUT2D eigenvalue weighted by atomic mass is 16.6. The number of hydrogen-bond acceptors (Lipinski definition) is 7. The third-order valence-electron chi connectivity index (χ3n) is 6.98. The van der Waals surface area contributed by atoms with Crippen LogP contribution < -0.4 is 10.2 Å². The van der Waals surface area contributed by atoms with Gasteiger partial charge in [-0.05, 0) is 43.4 Å². The molecule has 1 aromatic heterocycles. The molecule has 0 spiro atoms. The van der Waals surface area contributed by atoms with E-state index in [-0.39, 0.29) is 16.9 Å². The Morgan fingerprint density at radius 1 is 1.14 bits per heavy atom. The van der Waals surface area contributed by atoms with Crippen molar-refractivity contribution in [1.29, 1.82) is 0 Å². The van der Waals surface area contributed by atoms with Gasteiger partial charge in [-0.15, -0.1) is 5.10 Å². The van der Waals surface area contributed by atoms with Crippen molar-refractivity contribution in [1.82, 2.24) is 14.8 Å². The van der Waals surface area contributed by atoms with E-state index in [9.17, 15) is 14.9 Å². The first-order valence-electron chi connectivity index (χ1n) is 12.3. The predicted molar refractivity (Wildman–Crippen MR) is 139 cm³/mol. The lowest BCUT2D eigenvalue weighted by Gasteiger charge is -2.38. The molecule has 5 rings (SSSR count). The number of ketones is 1. The van der Waals surface area contributed by atoms with Gasteiger partial charge in [-0.1, -0.05) is 38.1 Å². The Hall–Kier alpha value is -4.01. The smallest absolute Gasteiger partial charge is 0.270 e. The number of hydrogen-bond donors (Lipinski definition) is 1. The minimum Gasteiger partial charge on any atom is -0.372 e. The Kier molecular flexibility index (Phi) is 5.86. The molecule has 1 atom stereocenters. The van der Waals surface area contributed by atoms with Gasteiger partial charge in [0.15, 0.2) is 11.6 Å². The Balaban J connectivity index is 1.63. The summed E-state index contributed by atoms with van der Waals surface area (Å²) in [4.78, 5) is 31.3. The van der Waals surface area contributed by atoms with E-state index in [0.717, 1.165) is 36.5 Å². The van der Waals surface area contributed by atoms with Gasteiger partial charge in [0, 0.05) is 54.2 Å². The molecule has 1 unspecified atom stereocenters. The molecule has 186 valence electrons. The molecule has 0 bridgehead atoms. The Morgan fingerprint density at radius 3 is 2.53 bits per heavy atom. The summed E-state index contributed by atoms with van der Waals surface area (Å²) in [5, 5.41) is 19.4. The van der Waals surface area contributed by atoms with Crippen molar-refractivity contribution >= 4 is 23.1 Å². The number of fused-ring (bicyclic) bond motifs is 1. The first-order valence-corrected chi connectivity index (χ1v) is 12.3. The number of nitro benzene ring substituents is 1. The Labute approximate surface area is 210 Å². The van der Waals surface area contributed by atoms with E-state index >= 15 is 0 Å². The van der Waals surface area contributed by atoms with E-state index in [1.165, 1.54) is 12.1 Å². The summed E-state index contributed by atoms with van der Waals surface area (Å²) < 4.78 is 1.75. The van der Waals surface area contributed by atoms with E-state index in [0.29, 0.717) is 29.3 Å². The molecule has 9 nitrogen and oxygen atoms in total. The molecule has 3 aromatic rings. The summed E-state index contributed by atoms with van der Waals surface area (Å²) >= 11 is 0. The maximum atomic E-state index is 13.5. The highest BCUT2D eigenvalue weighted by Gasteiger charge is 2.42. The second-order valence-electron chi connectivity index (χ2n) is 10.1. The topological polar surface area (TPSA) is 106 Å². The molecule has 0 saturated heterocycles. The van der Waals surface area contributed by atoms with Crippen LogP contribution in [0, 0.1) is 15.5 Å². The molecule has 0 amide bonds. The molecule has 1 aliphatic carbocycles. The average Bonchev–Trinajstić information content (AvgIpc) is 3.27. The summed E-state index contributed by atoms with van der Waals surface area (Å²) in [6.45, 7) is 10.3. The van der Waals surface area contributed by atoms with Crippen LogP contribution in [0.3, 0.4) is 0 Å². The van der Waals surface area contributed by atoms with Crippen molar-refractivity contribution in [2.75, 3.05) is 23.3 Å². The standard InChI is InChI=1S/C27H30N6O3/c1-5-31(6-2)19-12-10-17(11-13-19)24-23-21(15-27(3,4)16-22(23)34)28-26-29-25(30-32(24)26)18-8-7-9-20(14-18)33(35)36/h7-14,24H,5-6,15-16H2,1-4H3,(H,28,29,30). The molecule has 1 aliphatic heterocycles. The first kappa shape index (κ1) is 23.7. The number of carbonyl (C=O) groups is 1. The monoisotopic (exact) mass is 486 g/mol. The largest absolute Gasteiger partial charge is 0.372 e. The van der Waals surface area contributed by atoms with Crippen LogP contribution in [0.25, 0.3) is 11.4 Å². The van der Waals surface area contributed by atoms with Crippen LogP contribution in [0.5, 0.6) is 0 Å². The van der Waals surface area contributed by atoms with Gasteiger partial charge in [0.25, 0.3) is 5.69 Å². The third-order valence-corrected chi connectivity index (χ3v) is 6.98. The van der Waals surface area contributed by atoms with Crippen molar-refractivity contribution in [3.8, 4) is 11.4 Å². The van der Waals surface area contributed by atoms with Crippen LogP contribution in [0.2, 0.25) is 0 Å². The first-order chi connectivity index (χ1) is 17.2. The van der Waals surface area contributed by atoms with E-state index in [4.69, 9.17) is 10.1 Å². The van der Waals surface area contributed by atoms with Gasteiger partial charge >= 0.3 is 0 Å². The van der Waals surface area contributed by atoms with Gasteiger partial charge in [-0.25, -0.2) is 4.68 Å². The molecular weight excluding hydrogens is 456 g/mol. The molecule has 9 heteroatoms. The Morgan fingerprint density at radius 2 is 1.86 bits per heavy atom. The van der Waals surface area contributed by atoms with E-state index in [1.54, 1.807) is 16.8 Å². The van der Waals surface area contributed by atoms with Crippen LogP contribution in [0.4, 0.5) is 17.3 Å². The zero-order valence-corrected chi connectivity index (χ0v) is 21.0. The molecule has 2 aliphatic rings. The fourth-order valence-electron chi connectivity index (χ4n) is 5.25. The number of anilines is 2. The lowest BCUT2D eigenvalue weighted by atomic mass is 9.73. The number of carbonyl (C=O) groups excluding carboxylic acids is 1. The van der Waals surface area contributed by atoms with E-state index in [1.807, 2.05) is 0 Å². The number of Topliss-reactive ketones (excluding diaryl/α,β-unsaturated/α-hetero) is 1. The highest BCUT2D eigenvalue weighted by Crippen LogP contribution is 2.46. The summed E-state index contributed by atoms with van der Waals surface area (Å²) in [6.07, 6.45) is 1.18. The average molecular weight is 487 g/mol. The number of non-ortho nitro benzene ring substituents is 1. The van der Waals surface area contributed by atoms with Crippen LogP contribution >= 0.6 is 0 Å². The summed E-state index contributed by atoms with van der Waals surface area (Å²) in [5.74, 6) is 1.00. The van der Waals surface area contributed by atoms with Crippen LogP contribution in [0.15, 0.2) is 59.8 Å². The van der Waals surface area contributed by atoms with Gasteiger partial charge in [-0.3, -0.25) is 14.9 Å². The maximum Gasteiger partial charge on any atom is 0.270 e. The minimum absolute atomic E-state index is 0.0221. The zero-order chi connectivity index (χ0) is 25.6. The summed E-state index contributed by atoms with van der Waals surface area (Å²) in [5.41, 5.74) is 4.03. The molecule has 2 aromatic carbocycles. The van der Waals surface area contributed by atoms with Crippen molar-refractivity contribution in [3.63, 3.8) is 0 Å².